The van der Waals surface area contributed by atoms with Gasteiger partial charge in [0.1, 0.15) is 5.60 Å². The average molecular weight is 195 g/mol. The third-order valence-corrected chi connectivity index (χ3v) is 2.29. The van der Waals surface area contributed by atoms with E-state index in [2.05, 4.69) is 0 Å². The Morgan fingerprint density at radius 1 is 1.43 bits per heavy atom. The molecule has 2 atom stereocenters. The summed E-state index contributed by atoms with van der Waals surface area (Å²) >= 11 is 0. The van der Waals surface area contributed by atoms with Crippen LogP contribution >= 0.6 is 0 Å². The van der Waals surface area contributed by atoms with E-state index in [1.165, 1.54) is 4.90 Å². The minimum Gasteiger partial charge on any atom is -0.443 e. The number of hydrogen-bond acceptors (Lipinski definition) is 3. The zero-order chi connectivity index (χ0) is 10.5. The molecule has 1 aliphatic heterocycles. The van der Waals surface area contributed by atoms with Crippen molar-refractivity contribution in [3.8, 4) is 0 Å². The number of imide groups is 1. The van der Waals surface area contributed by atoms with Gasteiger partial charge in [0.05, 0.1) is 12.0 Å². The summed E-state index contributed by atoms with van der Waals surface area (Å²) < 4.78 is 5.10. The van der Waals surface area contributed by atoms with Gasteiger partial charge in [0.2, 0.25) is 5.91 Å². The highest BCUT2D eigenvalue weighted by molar-refractivity contribution is 6.02. The molecular weight excluding hydrogens is 182 g/mol. The van der Waals surface area contributed by atoms with Gasteiger partial charge in [-0.25, -0.2) is 9.69 Å². The molecule has 0 bridgehead atoms. The molecule has 4 heteroatoms. The van der Waals surface area contributed by atoms with Crippen molar-refractivity contribution in [2.45, 2.75) is 32.4 Å². The van der Waals surface area contributed by atoms with Crippen LogP contribution in [0.1, 0.15) is 20.8 Å². The minimum atomic E-state index is -0.546. The molecular formula is C10H13NO3. The largest absolute Gasteiger partial charge is 0.443 e. The van der Waals surface area contributed by atoms with Crippen LogP contribution < -0.4 is 0 Å². The minimum absolute atomic E-state index is 0.0441. The van der Waals surface area contributed by atoms with Crippen molar-refractivity contribution >= 4 is 12.0 Å². The predicted molar refractivity (Wildman–Crippen MR) is 49.5 cm³/mol. The molecule has 1 fully saturated rings. The Labute approximate surface area is 82.5 Å². The van der Waals surface area contributed by atoms with Crippen molar-refractivity contribution in [2.75, 3.05) is 0 Å². The van der Waals surface area contributed by atoms with Gasteiger partial charge in [-0.3, -0.25) is 4.79 Å². The van der Waals surface area contributed by atoms with Crippen LogP contribution in [0, 0.1) is 5.92 Å². The number of hydrogen-bond donors (Lipinski definition) is 0. The second-order valence-corrected chi connectivity index (χ2v) is 4.59. The predicted octanol–water partition coefficient (Wildman–Crippen LogP) is 1.32. The van der Waals surface area contributed by atoms with Crippen LogP contribution in [0.5, 0.6) is 0 Å². The monoisotopic (exact) mass is 195 g/mol. The number of carbonyl (C=O) groups is 2. The van der Waals surface area contributed by atoms with Gasteiger partial charge < -0.3 is 4.74 Å². The molecule has 2 aliphatic rings. The van der Waals surface area contributed by atoms with Crippen LogP contribution in [-0.2, 0) is 9.53 Å². The molecule has 0 aromatic carbocycles. The fraction of sp³-hybridized carbons (Fsp3) is 0.600. The average Bonchev–Trinajstić information content (AvgIpc) is 1.93. The third-order valence-electron chi connectivity index (χ3n) is 2.29. The standard InChI is InChI=1S/C10H13NO3/c1-10(2,3)14-9(13)11-7-5-4-6(7)8(11)12/h4-7H,1-3H3/t6-,7+/m0/s1. The van der Waals surface area contributed by atoms with Crippen molar-refractivity contribution in [1.82, 2.24) is 4.90 Å². The highest BCUT2D eigenvalue weighted by atomic mass is 16.6. The molecule has 76 valence electrons. The SMILES string of the molecule is CC(C)(C)OC(=O)N1C(=O)[C@H]2C=C[C@H]21. The van der Waals surface area contributed by atoms with Crippen LogP contribution in [-0.4, -0.2) is 28.5 Å². The molecule has 2 amide bonds. The van der Waals surface area contributed by atoms with Gasteiger partial charge in [-0.1, -0.05) is 12.2 Å². The van der Waals surface area contributed by atoms with Crippen molar-refractivity contribution < 1.29 is 14.3 Å². The number of nitrogens with zero attached hydrogens (tertiary/aromatic N) is 1. The van der Waals surface area contributed by atoms with Gasteiger partial charge in [0.25, 0.3) is 0 Å². The van der Waals surface area contributed by atoms with Crippen LogP contribution in [0.3, 0.4) is 0 Å². The molecule has 1 saturated heterocycles. The maximum atomic E-state index is 11.5. The van der Waals surface area contributed by atoms with E-state index in [1.807, 2.05) is 12.2 Å². The van der Waals surface area contributed by atoms with E-state index < -0.39 is 11.7 Å². The fourth-order valence-electron chi connectivity index (χ4n) is 1.54. The summed E-state index contributed by atoms with van der Waals surface area (Å²) in [4.78, 5) is 24.0. The molecule has 0 N–H and O–H groups in total. The summed E-state index contributed by atoms with van der Waals surface area (Å²) in [6, 6.07) is -0.0441. The first-order valence-corrected chi connectivity index (χ1v) is 4.64. The number of rotatable bonds is 0. The topological polar surface area (TPSA) is 46.6 Å². The van der Waals surface area contributed by atoms with Crippen molar-refractivity contribution in [3.63, 3.8) is 0 Å². The molecule has 0 radical (unpaired) electrons. The summed E-state index contributed by atoms with van der Waals surface area (Å²) in [6.07, 6.45) is 3.12. The zero-order valence-corrected chi connectivity index (χ0v) is 8.48. The lowest BCUT2D eigenvalue weighted by atomic mass is 9.79. The molecule has 0 unspecified atom stereocenters. The number of ether oxygens (including phenoxy) is 1. The molecule has 0 spiro atoms. The Hall–Kier alpha value is -1.32. The summed E-state index contributed by atoms with van der Waals surface area (Å²) in [6.45, 7) is 5.34. The Morgan fingerprint density at radius 3 is 2.43 bits per heavy atom. The van der Waals surface area contributed by atoms with E-state index in [0.717, 1.165) is 0 Å². The molecule has 4 nitrogen and oxygen atoms in total. The zero-order valence-electron chi connectivity index (χ0n) is 8.48. The summed E-state index contributed by atoms with van der Waals surface area (Å²) in [7, 11) is 0. The number of fused-ring (bicyclic) bond motifs is 1. The number of β-lactam (4-membered cyclic amide) rings is 1. The molecule has 2 rings (SSSR count). The Balaban J connectivity index is 2.00. The Kier molecular flexibility index (Phi) is 1.71. The Morgan fingerprint density at radius 2 is 2.07 bits per heavy atom. The van der Waals surface area contributed by atoms with Crippen LogP contribution in [0.15, 0.2) is 12.2 Å². The van der Waals surface area contributed by atoms with Crippen LogP contribution in [0.4, 0.5) is 4.79 Å². The first-order valence-electron chi connectivity index (χ1n) is 4.64. The molecule has 1 aliphatic carbocycles. The van der Waals surface area contributed by atoms with E-state index in [0.29, 0.717) is 0 Å². The van der Waals surface area contributed by atoms with Crippen LogP contribution in [0.25, 0.3) is 0 Å². The maximum Gasteiger partial charge on any atom is 0.417 e. The first kappa shape index (κ1) is 9.24. The lowest BCUT2D eigenvalue weighted by Gasteiger charge is -2.47. The maximum absolute atomic E-state index is 11.5. The van der Waals surface area contributed by atoms with E-state index >= 15 is 0 Å². The van der Waals surface area contributed by atoms with Crippen molar-refractivity contribution in [3.05, 3.63) is 12.2 Å². The molecule has 14 heavy (non-hydrogen) atoms. The highest BCUT2D eigenvalue weighted by Gasteiger charge is 2.53. The highest BCUT2D eigenvalue weighted by Crippen LogP contribution is 2.36. The normalized spacial score (nSPS) is 29.1. The number of carbonyl (C=O) groups excluding carboxylic acids is 2. The quantitative estimate of drug-likeness (QED) is 0.432. The molecule has 0 saturated carbocycles. The molecule has 1 heterocycles. The van der Waals surface area contributed by atoms with E-state index in [9.17, 15) is 9.59 Å². The number of amides is 2. The summed E-state index contributed by atoms with van der Waals surface area (Å²) in [5.74, 6) is -0.214. The van der Waals surface area contributed by atoms with Gasteiger partial charge in [0, 0.05) is 0 Å². The van der Waals surface area contributed by atoms with E-state index in [1.54, 1.807) is 20.8 Å². The fourth-order valence-corrected chi connectivity index (χ4v) is 1.54. The summed E-state index contributed by atoms with van der Waals surface area (Å²) in [5, 5.41) is 0. The molecule has 0 aromatic rings. The second kappa shape index (κ2) is 2.59. The van der Waals surface area contributed by atoms with Gasteiger partial charge in [-0.2, -0.15) is 0 Å². The summed E-state index contributed by atoms with van der Waals surface area (Å²) in [5.41, 5.74) is -0.546. The van der Waals surface area contributed by atoms with Gasteiger partial charge in [-0.15, -0.1) is 0 Å². The van der Waals surface area contributed by atoms with E-state index in [-0.39, 0.29) is 17.9 Å². The lowest BCUT2D eigenvalue weighted by molar-refractivity contribution is -0.149. The second-order valence-electron chi connectivity index (χ2n) is 4.59. The lowest BCUT2D eigenvalue weighted by Crippen LogP contribution is -2.65. The van der Waals surface area contributed by atoms with E-state index in [4.69, 9.17) is 4.74 Å². The third kappa shape index (κ3) is 1.22. The van der Waals surface area contributed by atoms with Crippen LogP contribution in [0.2, 0.25) is 0 Å². The van der Waals surface area contributed by atoms with Crippen molar-refractivity contribution in [2.24, 2.45) is 5.92 Å². The van der Waals surface area contributed by atoms with Crippen molar-refractivity contribution in [1.29, 1.82) is 0 Å². The van der Waals surface area contributed by atoms with Gasteiger partial charge in [0.15, 0.2) is 0 Å². The van der Waals surface area contributed by atoms with Gasteiger partial charge in [-0.05, 0) is 20.8 Å². The Bertz CT molecular complexity index is 327. The smallest absolute Gasteiger partial charge is 0.417 e. The first-order chi connectivity index (χ1) is 6.40. The number of likely N-dealkylation sites (tertiary alicyclic amines) is 1. The molecule has 0 aromatic heterocycles. The van der Waals surface area contributed by atoms with Gasteiger partial charge >= 0.3 is 6.09 Å².